The zero-order chi connectivity index (χ0) is 16.0. The molecule has 0 bridgehead atoms. The van der Waals surface area contributed by atoms with Gasteiger partial charge in [0.25, 0.3) is 0 Å². The summed E-state index contributed by atoms with van der Waals surface area (Å²) in [4.78, 5) is 0. The van der Waals surface area contributed by atoms with Crippen LogP contribution < -0.4 is 21.2 Å². The third-order valence-electron chi connectivity index (χ3n) is 2.52. The van der Waals surface area contributed by atoms with E-state index in [2.05, 4.69) is 63.2 Å². The average molecular weight is 420 g/mol. The highest BCUT2D eigenvalue weighted by Crippen LogP contribution is 2.07. The van der Waals surface area contributed by atoms with E-state index in [1.165, 1.54) is 20.3 Å². The molecule has 0 heterocycles. The third kappa shape index (κ3) is 7.56. The van der Waals surface area contributed by atoms with E-state index in [1.54, 1.807) is 3.57 Å². The van der Waals surface area contributed by atoms with Crippen molar-refractivity contribution in [3.05, 3.63) is 66.3 Å². The van der Waals surface area contributed by atoms with Crippen LogP contribution >= 0.6 is 0 Å². The first-order valence-corrected chi connectivity index (χ1v) is 9.65. The van der Waals surface area contributed by atoms with E-state index in [0.29, 0.717) is 0 Å². The molecule has 1 N–H and O–H groups in total. The van der Waals surface area contributed by atoms with E-state index in [1.807, 2.05) is 0 Å². The van der Waals surface area contributed by atoms with Crippen molar-refractivity contribution in [2.45, 2.75) is 20.8 Å². The predicted octanol–water partition coefficient (Wildman–Crippen LogP) is -0.255. The molecule has 2 aromatic rings. The third-order valence-corrected chi connectivity index (χ3v) is 6.10. The van der Waals surface area contributed by atoms with E-state index < -0.39 is 10.4 Å². The minimum Gasteiger partial charge on any atom is -0.726 e. The number of halogens is 1. The van der Waals surface area contributed by atoms with Gasteiger partial charge < -0.3 is 4.55 Å². The van der Waals surface area contributed by atoms with Gasteiger partial charge in [-0.15, -0.1) is 0 Å². The molecule has 114 valence electrons. The maximum atomic E-state index is 8.63. The Balaban J connectivity index is 0.000000383. The fourth-order valence-corrected chi connectivity index (χ4v) is 4.46. The van der Waals surface area contributed by atoms with Gasteiger partial charge in [0.1, 0.15) is 0 Å². The molecule has 2 rings (SSSR count). The van der Waals surface area contributed by atoms with Crippen LogP contribution in [0.25, 0.3) is 0 Å². The van der Waals surface area contributed by atoms with Crippen LogP contribution in [-0.2, 0) is 10.4 Å². The molecular formula is C15H17IO4S. The summed E-state index contributed by atoms with van der Waals surface area (Å²) in [5, 5.41) is 0. The van der Waals surface area contributed by atoms with Gasteiger partial charge in [-0.3, -0.25) is 4.55 Å². The van der Waals surface area contributed by atoms with Crippen LogP contribution in [0.15, 0.2) is 42.5 Å². The van der Waals surface area contributed by atoms with Crippen molar-refractivity contribution >= 4 is 10.4 Å². The molecule has 0 aliphatic heterocycles. The Morgan fingerprint density at radius 3 is 1.86 bits per heavy atom. The van der Waals surface area contributed by atoms with Crippen molar-refractivity contribution in [2.24, 2.45) is 0 Å². The molecule has 0 fully saturated rings. The second kappa shape index (κ2) is 7.88. The molecule has 0 spiro atoms. The van der Waals surface area contributed by atoms with Gasteiger partial charge in [0.15, 0.2) is 7.14 Å². The highest BCUT2D eigenvalue weighted by Gasteiger charge is 2.20. The van der Waals surface area contributed by atoms with Crippen molar-refractivity contribution in [1.29, 1.82) is 0 Å². The van der Waals surface area contributed by atoms with Crippen LogP contribution in [-0.4, -0.2) is 17.5 Å². The first-order valence-electron chi connectivity index (χ1n) is 6.13. The minimum atomic E-state index is -4.92. The summed E-state index contributed by atoms with van der Waals surface area (Å²) in [6.45, 7) is 6.64. The smallest absolute Gasteiger partial charge is 0.358 e. The second-order valence-electron chi connectivity index (χ2n) is 4.53. The van der Waals surface area contributed by atoms with E-state index in [0.717, 1.165) is 0 Å². The van der Waals surface area contributed by atoms with E-state index >= 15 is 0 Å². The molecule has 4 nitrogen and oxygen atoms in total. The molecule has 0 aliphatic rings. The summed E-state index contributed by atoms with van der Waals surface area (Å²) in [6, 6.07) is 15.4. The molecule has 6 heteroatoms. The van der Waals surface area contributed by atoms with Crippen molar-refractivity contribution in [3.63, 3.8) is 0 Å². The lowest BCUT2D eigenvalue weighted by atomic mass is 10.1. The monoisotopic (exact) mass is 420 g/mol. The predicted molar refractivity (Wildman–Crippen MR) is 76.8 cm³/mol. The van der Waals surface area contributed by atoms with Crippen molar-refractivity contribution < 1.29 is 38.7 Å². The largest absolute Gasteiger partial charge is 0.726 e. The van der Waals surface area contributed by atoms with Crippen molar-refractivity contribution in [2.75, 3.05) is 0 Å². The molecule has 0 aliphatic carbocycles. The van der Waals surface area contributed by atoms with Crippen LogP contribution in [0.5, 0.6) is 0 Å². The average Bonchev–Trinajstić information content (AvgIpc) is 2.33. The summed E-state index contributed by atoms with van der Waals surface area (Å²) < 4.78 is 35.9. The lowest BCUT2D eigenvalue weighted by molar-refractivity contribution is -0.598. The van der Waals surface area contributed by atoms with Gasteiger partial charge in [0.05, 0.1) is 0 Å². The van der Waals surface area contributed by atoms with Crippen LogP contribution in [0.3, 0.4) is 0 Å². The maximum absolute atomic E-state index is 8.63. The molecule has 0 radical (unpaired) electrons. The van der Waals surface area contributed by atoms with Crippen molar-refractivity contribution in [3.8, 4) is 0 Å². The molecule has 0 atom stereocenters. The quantitative estimate of drug-likeness (QED) is 0.413. The lowest BCUT2D eigenvalue weighted by Crippen LogP contribution is -3.62. The number of benzene rings is 2. The van der Waals surface area contributed by atoms with Gasteiger partial charge in [0, 0.05) is 11.1 Å². The van der Waals surface area contributed by atoms with Gasteiger partial charge in [0.2, 0.25) is 10.4 Å². The first kappa shape index (κ1) is 18.1. The topological polar surface area (TPSA) is 77.4 Å². The van der Waals surface area contributed by atoms with Gasteiger partial charge in [-0.2, -0.15) is 0 Å². The molecular weight excluding hydrogens is 403 g/mol. The van der Waals surface area contributed by atoms with Crippen LogP contribution in [0, 0.1) is 27.9 Å². The van der Waals surface area contributed by atoms with E-state index in [4.69, 9.17) is 17.5 Å². The normalized spacial score (nSPS) is 10.7. The Kier molecular flexibility index (Phi) is 6.79. The highest BCUT2D eigenvalue weighted by molar-refractivity contribution is 7.79. The Morgan fingerprint density at radius 2 is 1.43 bits per heavy atom. The van der Waals surface area contributed by atoms with E-state index in [9.17, 15) is 0 Å². The molecule has 0 amide bonds. The number of hydrogen-bond acceptors (Lipinski definition) is 3. The zero-order valence-electron chi connectivity index (χ0n) is 12.0. The van der Waals surface area contributed by atoms with Crippen LogP contribution in [0.1, 0.15) is 16.7 Å². The first-order chi connectivity index (χ1) is 9.66. The molecule has 2 aromatic carbocycles. The zero-order valence-corrected chi connectivity index (χ0v) is 15.0. The van der Waals surface area contributed by atoms with Crippen LogP contribution in [0.2, 0.25) is 0 Å². The SMILES string of the molecule is Cc1cc(C)c([I+]c2ccccc2)c(C)c1.O=S(=O)([O-])O. The maximum Gasteiger partial charge on any atom is 0.358 e. The second-order valence-corrected chi connectivity index (χ2v) is 8.25. The Morgan fingerprint density at radius 1 is 1.00 bits per heavy atom. The summed E-state index contributed by atoms with van der Waals surface area (Å²) in [5.74, 6) is 0. The van der Waals surface area contributed by atoms with Crippen molar-refractivity contribution in [1.82, 2.24) is 0 Å². The summed E-state index contributed by atoms with van der Waals surface area (Å²) >= 11 is -0.0275. The van der Waals surface area contributed by atoms with Crippen LogP contribution in [0.4, 0.5) is 0 Å². The standard InChI is InChI=1S/C15H16I.H2O4S/c1-11-9-12(2)15(13(3)10-11)16-14-7-5-4-6-8-14;1-5(2,3)4/h4-10H,1-3H3;(H2,1,2,3,4)/q+1;/p-1. The Hall–Kier alpha value is -0.960. The van der Waals surface area contributed by atoms with E-state index in [-0.39, 0.29) is 21.2 Å². The molecule has 0 aromatic heterocycles. The Bertz CT molecular complexity index is 666. The van der Waals surface area contributed by atoms with Gasteiger partial charge >= 0.3 is 21.2 Å². The lowest BCUT2D eigenvalue weighted by Gasteiger charge is -2.00. The summed E-state index contributed by atoms with van der Waals surface area (Å²) in [5.41, 5.74) is 4.28. The fourth-order valence-electron chi connectivity index (χ4n) is 1.90. The number of rotatable bonds is 2. The number of hydrogen-bond donors (Lipinski definition) is 1. The molecule has 0 saturated heterocycles. The molecule has 0 unspecified atom stereocenters. The summed E-state index contributed by atoms with van der Waals surface area (Å²) in [7, 11) is -4.92. The summed E-state index contributed by atoms with van der Waals surface area (Å²) in [6.07, 6.45) is 0. The van der Waals surface area contributed by atoms with Gasteiger partial charge in [-0.25, -0.2) is 8.42 Å². The molecule has 0 saturated carbocycles. The highest BCUT2D eigenvalue weighted by atomic mass is 127. The molecule has 21 heavy (non-hydrogen) atoms. The van der Waals surface area contributed by atoms with Gasteiger partial charge in [-0.05, 0) is 32.9 Å². The van der Waals surface area contributed by atoms with Gasteiger partial charge in [-0.1, -0.05) is 35.9 Å². The minimum absolute atomic E-state index is 0.0275. The fraction of sp³-hybridized carbons (Fsp3) is 0.200. The Labute approximate surface area is 136 Å². The number of aryl methyl sites for hydroxylation is 3.